The number of carbonyl (C=O) groups excluding carboxylic acids is 3. The van der Waals surface area contributed by atoms with E-state index in [2.05, 4.69) is 16.0 Å². The fraction of sp³-hybridized carbons (Fsp3) is 0.516. The highest BCUT2D eigenvalue weighted by molar-refractivity contribution is 5.91. The number of hydrogen-bond acceptors (Lipinski definition) is 6. The molecule has 220 valence electrons. The molecule has 0 fully saturated rings. The van der Waals surface area contributed by atoms with Gasteiger partial charge in [-0.15, -0.1) is 0 Å². The van der Waals surface area contributed by atoms with Crippen LogP contribution in [-0.4, -0.2) is 54.5 Å². The average molecular weight is 556 g/mol. The zero-order valence-corrected chi connectivity index (χ0v) is 24.7. The summed E-state index contributed by atoms with van der Waals surface area (Å²) in [5, 5.41) is 8.36. The lowest BCUT2D eigenvalue weighted by molar-refractivity contribution is -0.196. The summed E-state index contributed by atoms with van der Waals surface area (Å²) >= 11 is 0. The lowest BCUT2D eigenvalue weighted by Crippen LogP contribution is -2.57. The summed E-state index contributed by atoms with van der Waals surface area (Å²) in [6.45, 7) is 12.9. The largest absolute Gasteiger partial charge is 0.445 e. The predicted molar refractivity (Wildman–Crippen MR) is 154 cm³/mol. The van der Waals surface area contributed by atoms with E-state index in [0.29, 0.717) is 6.42 Å². The van der Waals surface area contributed by atoms with Gasteiger partial charge in [0.15, 0.2) is 6.29 Å². The van der Waals surface area contributed by atoms with Crippen LogP contribution in [0, 0.1) is 5.92 Å². The number of hydrogen-bond donors (Lipinski definition) is 3. The van der Waals surface area contributed by atoms with Gasteiger partial charge in [0.25, 0.3) is 0 Å². The van der Waals surface area contributed by atoms with Crippen molar-refractivity contribution in [2.24, 2.45) is 5.92 Å². The second-order valence-corrected chi connectivity index (χ2v) is 10.7. The standard InChI is InChI=1S/C31H45N3O6/c1-20(2)27(34-31(37)38-19-25-16-12-9-13-17-25)29(36)32-23(7)28(35)33-26(18-24-14-10-8-11-15-24)30(39-21(3)4)40-22(5)6/h8-17,20-23,26-27,30H,18-19H2,1-7H3,(H,32,36)(H,33,35)(H,34,37)/t23-,26?,27-/m0/s1. The van der Waals surface area contributed by atoms with E-state index >= 15 is 0 Å². The summed E-state index contributed by atoms with van der Waals surface area (Å²) in [5.74, 6) is -1.12. The monoisotopic (exact) mass is 555 g/mol. The molecule has 3 amide bonds. The first-order valence-electron chi connectivity index (χ1n) is 13.9. The van der Waals surface area contributed by atoms with Crippen molar-refractivity contribution in [3.05, 3.63) is 71.8 Å². The number of nitrogens with one attached hydrogen (secondary N) is 3. The molecule has 0 heterocycles. The molecule has 2 rings (SSSR count). The average Bonchev–Trinajstić information content (AvgIpc) is 2.90. The molecule has 0 aliphatic rings. The molecule has 0 aromatic heterocycles. The van der Waals surface area contributed by atoms with Gasteiger partial charge in [-0.3, -0.25) is 9.59 Å². The van der Waals surface area contributed by atoms with Crippen LogP contribution in [0.15, 0.2) is 60.7 Å². The normalized spacial score (nSPS) is 13.7. The Morgan fingerprint density at radius 2 is 1.20 bits per heavy atom. The van der Waals surface area contributed by atoms with Crippen LogP contribution in [0.4, 0.5) is 4.79 Å². The molecule has 1 unspecified atom stereocenters. The van der Waals surface area contributed by atoms with Crippen LogP contribution in [-0.2, 0) is 36.8 Å². The molecule has 3 atom stereocenters. The van der Waals surface area contributed by atoms with E-state index in [1.165, 1.54) is 0 Å². The fourth-order valence-electron chi connectivity index (χ4n) is 3.94. The van der Waals surface area contributed by atoms with Crippen molar-refractivity contribution >= 4 is 17.9 Å². The number of benzene rings is 2. The Hall–Kier alpha value is -3.43. The molecule has 0 saturated heterocycles. The number of carbonyl (C=O) groups is 3. The van der Waals surface area contributed by atoms with Crippen LogP contribution in [0.5, 0.6) is 0 Å². The van der Waals surface area contributed by atoms with Crippen molar-refractivity contribution in [1.82, 2.24) is 16.0 Å². The van der Waals surface area contributed by atoms with Crippen LogP contribution in [0.1, 0.15) is 59.6 Å². The Morgan fingerprint density at radius 1 is 0.675 bits per heavy atom. The van der Waals surface area contributed by atoms with Crippen LogP contribution >= 0.6 is 0 Å². The Kier molecular flexibility index (Phi) is 13.6. The van der Waals surface area contributed by atoms with Gasteiger partial charge in [0.05, 0.1) is 18.2 Å². The first kappa shape index (κ1) is 32.8. The molecule has 40 heavy (non-hydrogen) atoms. The first-order chi connectivity index (χ1) is 19.0. The Balaban J connectivity index is 2.06. The third-order valence-electron chi connectivity index (χ3n) is 5.95. The molecule has 0 spiro atoms. The predicted octanol–water partition coefficient (Wildman–Crippen LogP) is 4.35. The second kappa shape index (κ2) is 16.6. The highest BCUT2D eigenvalue weighted by atomic mass is 16.7. The quantitative estimate of drug-likeness (QED) is 0.282. The molecule has 9 heteroatoms. The molecule has 2 aromatic carbocycles. The first-order valence-corrected chi connectivity index (χ1v) is 13.9. The summed E-state index contributed by atoms with van der Waals surface area (Å²) in [6, 6.07) is 16.7. The van der Waals surface area contributed by atoms with Crippen LogP contribution in [0.25, 0.3) is 0 Å². The zero-order chi connectivity index (χ0) is 29.7. The molecule has 0 radical (unpaired) electrons. The van der Waals surface area contributed by atoms with Gasteiger partial charge in [0.1, 0.15) is 18.7 Å². The summed E-state index contributed by atoms with van der Waals surface area (Å²) in [4.78, 5) is 38.8. The van der Waals surface area contributed by atoms with Crippen LogP contribution in [0.2, 0.25) is 0 Å². The number of rotatable bonds is 15. The SMILES string of the molecule is CC(C)OC(OC(C)C)C(Cc1ccccc1)NC(=O)[C@H](C)NC(=O)[C@@H](NC(=O)OCc1ccccc1)C(C)C. The van der Waals surface area contributed by atoms with Crippen molar-refractivity contribution in [2.45, 2.75) is 98.1 Å². The molecular formula is C31H45N3O6. The fourth-order valence-corrected chi connectivity index (χ4v) is 3.94. The molecule has 9 nitrogen and oxygen atoms in total. The van der Waals surface area contributed by atoms with E-state index < -0.39 is 42.3 Å². The van der Waals surface area contributed by atoms with E-state index in [0.717, 1.165) is 11.1 Å². The van der Waals surface area contributed by atoms with E-state index in [1.54, 1.807) is 20.8 Å². The molecule has 2 aromatic rings. The lowest BCUT2D eigenvalue weighted by atomic mass is 10.0. The minimum Gasteiger partial charge on any atom is -0.445 e. The molecule has 0 aliphatic heterocycles. The van der Waals surface area contributed by atoms with E-state index in [4.69, 9.17) is 14.2 Å². The molecular weight excluding hydrogens is 510 g/mol. The number of alkyl carbamates (subject to hydrolysis) is 1. The van der Waals surface area contributed by atoms with Crippen LogP contribution in [0.3, 0.4) is 0 Å². The smallest absolute Gasteiger partial charge is 0.408 e. The second-order valence-electron chi connectivity index (χ2n) is 10.7. The minimum atomic E-state index is -0.889. The Bertz CT molecular complexity index is 1040. The van der Waals surface area contributed by atoms with Crippen LogP contribution < -0.4 is 16.0 Å². The third kappa shape index (κ3) is 11.8. The molecule has 3 N–H and O–H groups in total. The van der Waals surface area contributed by atoms with Gasteiger partial charge in [-0.2, -0.15) is 0 Å². The third-order valence-corrected chi connectivity index (χ3v) is 5.95. The van der Waals surface area contributed by atoms with Gasteiger partial charge >= 0.3 is 6.09 Å². The summed E-state index contributed by atoms with van der Waals surface area (Å²) < 4.78 is 17.4. The molecule has 0 bridgehead atoms. The summed E-state index contributed by atoms with van der Waals surface area (Å²) in [5.41, 5.74) is 1.84. The Morgan fingerprint density at radius 3 is 1.70 bits per heavy atom. The topological polar surface area (TPSA) is 115 Å². The minimum absolute atomic E-state index is 0.0821. The maximum absolute atomic E-state index is 13.3. The maximum atomic E-state index is 13.3. The van der Waals surface area contributed by atoms with Crippen molar-refractivity contribution in [2.75, 3.05) is 0 Å². The van der Waals surface area contributed by atoms with Gasteiger partial charge in [-0.1, -0.05) is 74.5 Å². The van der Waals surface area contributed by atoms with E-state index in [-0.39, 0.29) is 24.7 Å². The number of ether oxygens (including phenoxy) is 3. The highest BCUT2D eigenvalue weighted by Crippen LogP contribution is 2.15. The van der Waals surface area contributed by atoms with Crippen molar-refractivity contribution in [3.8, 4) is 0 Å². The Labute approximate surface area is 238 Å². The van der Waals surface area contributed by atoms with Gasteiger partial charge in [0.2, 0.25) is 11.8 Å². The summed E-state index contributed by atoms with van der Waals surface area (Å²) in [6.07, 6.45) is -1.19. The van der Waals surface area contributed by atoms with Crippen molar-refractivity contribution in [1.29, 1.82) is 0 Å². The molecule has 0 aliphatic carbocycles. The zero-order valence-electron chi connectivity index (χ0n) is 24.7. The van der Waals surface area contributed by atoms with Gasteiger partial charge in [0, 0.05) is 0 Å². The lowest BCUT2D eigenvalue weighted by Gasteiger charge is -2.32. The molecule has 0 saturated carbocycles. The van der Waals surface area contributed by atoms with Crippen molar-refractivity contribution < 1.29 is 28.6 Å². The van der Waals surface area contributed by atoms with Crippen molar-refractivity contribution in [3.63, 3.8) is 0 Å². The van der Waals surface area contributed by atoms with E-state index in [9.17, 15) is 14.4 Å². The van der Waals surface area contributed by atoms with E-state index in [1.807, 2.05) is 88.4 Å². The van der Waals surface area contributed by atoms with Gasteiger partial charge in [-0.25, -0.2) is 4.79 Å². The number of amides is 3. The van der Waals surface area contributed by atoms with Gasteiger partial charge < -0.3 is 30.2 Å². The highest BCUT2D eigenvalue weighted by Gasteiger charge is 2.31. The van der Waals surface area contributed by atoms with Gasteiger partial charge in [-0.05, 0) is 58.1 Å². The maximum Gasteiger partial charge on any atom is 0.408 e. The summed E-state index contributed by atoms with van der Waals surface area (Å²) in [7, 11) is 0.